The van der Waals surface area contributed by atoms with E-state index < -0.39 is 0 Å². The molecule has 134 valence electrons. The molecule has 0 radical (unpaired) electrons. The van der Waals surface area contributed by atoms with Gasteiger partial charge in [0.05, 0.1) is 5.75 Å². The lowest BCUT2D eigenvalue weighted by molar-refractivity contribution is -0.132. The molecule has 7 heteroatoms. The van der Waals surface area contributed by atoms with E-state index in [9.17, 15) is 4.79 Å². The number of carbonyl (C=O) groups is 1. The predicted molar refractivity (Wildman–Crippen MR) is 105 cm³/mol. The maximum atomic E-state index is 12.5. The van der Waals surface area contributed by atoms with Gasteiger partial charge in [-0.15, -0.1) is 10.2 Å². The van der Waals surface area contributed by atoms with Crippen LogP contribution in [0.5, 0.6) is 0 Å². The van der Waals surface area contributed by atoms with E-state index in [1.54, 1.807) is 0 Å². The van der Waals surface area contributed by atoms with Gasteiger partial charge in [0.25, 0.3) is 0 Å². The summed E-state index contributed by atoms with van der Waals surface area (Å²) >= 11 is 2.97. The summed E-state index contributed by atoms with van der Waals surface area (Å²) in [6.45, 7) is 5.12. The summed E-state index contributed by atoms with van der Waals surface area (Å²) in [5, 5.41) is 12.4. The summed E-state index contributed by atoms with van der Waals surface area (Å²) in [5.41, 5.74) is 2.22. The van der Waals surface area contributed by atoms with Gasteiger partial charge >= 0.3 is 0 Å². The molecule has 5 nitrogen and oxygen atoms in total. The number of hydrogen-bond donors (Lipinski definition) is 1. The van der Waals surface area contributed by atoms with E-state index in [0.717, 1.165) is 41.0 Å². The van der Waals surface area contributed by atoms with Crippen molar-refractivity contribution in [2.75, 3.05) is 17.6 Å². The molecule has 1 aliphatic rings. The Labute approximate surface area is 157 Å². The minimum Gasteiger partial charge on any atom is -0.339 e. The Kier molecular flexibility index (Phi) is 6.31. The number of rotatable bonds is 6. The van der Waals surface area contributed by atoms with Gasteiger partial charge in [-0.05, 0) is 44.7 Å². The van der Waals surface area contributed by atoms with Gasteiger partial charge in [-0.1, -0.05) is 47.7 Å². The van der Waals surface area contributed by atoms with Crippen molar-refractivity contribution in [1.29, 1.82) is 0 Å². The Balaban J connectivity index is 1.52. The molecule has 0 saturated carbocycles. The Morgan fingerprint density at radius 1 is 1.32 bits per heavy atom. The van der Waals surface area contributed by atoms with Gasteiger partial charge in [-0.2, -0.15) is 0 Å². The molecule has 1 saturated heterocycles. The lowest BCUT2D eigenvalue weighted by atomic mass is 10.0. The van der Waals surface area contributed by atoms with Crippen molar-refractivity contribution in [2.24, 2.45) is 0 Å². The van der Waals surface area contributed by atoms with Crippen molar-refractivity contribution in [3.63, 3.8) is 0 Å². The van der Waals surface area contributed by atoms with Crippen LogP contribution in [-0.4, -0.2) is 39.3 Å². The third-order valence-corrected chi connectivity index (χ3v) is 6.40. The smallest absolute Gasteiger partial charge is 0.233 e. The molecule has 0 spiro atoms. The first-order chi connectivity index (χ1) is 12.2. The third-order valence-electron chi connectivity index (χ3n) is 4.45. The Hall–Kier alpha value is -1.60. The molecular formula is C18H24N4OS2. The molecule has 25 heavy (non-hydrogen) atoms. The van der Waals surface area contributed by atoms with Crippen molar-refractivity contribution in [2.45, 2.75) is 49.9 Å². The van der Waals surface area contributed by atoms with Gasteiger partial charge in [0.1, 0.15) is 0 Å². The van der Waals surface area contributed by atoms with Crippen molar-refractivity contribution in [3.8, 4) is 0 Å². The van der Waals surface area contributed by atoms with Crippen LogP contribution in [0.1, 0.15) is 38.2 Å². The number of anilines is 2. The fourth-order valence-electron chi connectivity index (χ4n) is 3.04. The predicted octanol–water partition coefficient (Wildman–Crippen LogP) is 4.47. The fourth-order valence-corrected chi connectivity index (χ4v) is 4.70. The van der Waals surface area contributed by atoms with Gasteiger partial charge in [0.2, 0.25) is 11.0 Å². The maximum Gasteiger partial charge on any atom is 0.233 e. The first kappa shape index (κ1) is 18.2. The number of aromatic nitrogens is 2. The number of benzene rings is 1. The zero-order valence-electron chi connectivity index (χ0n) is 14.7. The monoisotopic (exact) mass is 376 g/mol. The maximum absolute atomic E-state index is 12.5. The number of thioether (sulfide) groups is 1. The van der Waals surface area contributed by atoms with Crippen molar-refractivity contribution in [1.82, 2.24) is 15.1 Å². The minimum atomic E-state index is 0.222. The average Bonchev–Trinajstić information content (AvgIpc) is 3.09. The molecule has 1 aromatic carbocycles. The molecule has 2 heterocycles. The molecule has 1 amide bonds. The summed E-state index contributed by atoms with van der Waals surface area (Å²) in [7, 11) is 0. The van der Waals surface area contributed by atoms with Crippen molar-refractivity contribution >= 4 is 39.8 Å². The van der Waals surface area contributed by atoms with Crippen LogP contribution < -0.4 is 5.32 Å². The number of aryl methyl sites for hydroxylation is 1. The summed E-state index contributed by atoms with van der Waals surface area (Å²) in [4.78, 5) is 14.6. The highest BCUT2D eigenvalue weighted by atomic mass is 32.2. The molecule has 1 unspecified atom stereocenters. The highest BCUT2D eigenvalue weighted by Gasteiger charge is 2.25. The molecule has 2 aromatic rings. The Morgan fingerprint density at radius 2 is 2.12 bits per heavy atom. The number of nitrogens with one attached hydrogen (secondary N) is 1. The lowest BCUT2D eigenvalue weighted by Crippen LogP contribution is -2.44. The van der Waals surface area contributed by atoms with Gasteiger partial charge in [-0.3, -0.25) is 4.79 Å². The lowest BCUT2D eigenvalue weighted by Gasteiger charge is -2.35. The van der Waals surface area contributed by atoms with Crippen molar-refractivity contribution < 1.29 is 4.79 Å². The van der Waals surface area contributed by atoms with Crippen LogP contribution in [0.4, 0.5) is 10.8 Å². The van der Waals surface area contributed by atoms with Gasteiger partial charge in [0.15, 0.2) is 4.34 Å². The molecule has 3 rings (SSSR count). The van der Waals surface area contributed by atoms with Crippen LogP contribution >= 0.6 is 23.1 Å². The van der Waals surface area contributed by atoms with Crippen LogP contribution in [0.25, 0.3) is 0 Å². The van der Waals surface area contributed by atoms with E-state index in [1.807, 2.05) is 12.1 Å². The Bertz CT molecular complexity index is 701. The van der Waals surface area contributed by atoms with E-state index in [2.05, 4.69) is 46.4 Å². The largest absolute Gasteiger partial charge is 0.339 e. The first-order valence-electron chi connectivity index (χ1n) is 8.75. The molecule has 0 aliphatic carbocycles. The number of amides is 1. The minimum absolute atomic E-state index is 0.222. The van der Waals surface area contributed by atoms with Gasteiger partial charge < -0.3 is 10.2 Å². The van der Waals surface area contributed by atoms with E-state index in [0.29, 0.717) is 11.8 Å². The zero-order valence-corrected chi connectivity index (χ0v) is 16.3. The van der Waals surface area contributed by atoms with Crippen LogP contribution in [0.15, 0.2) is 28.6 Å². The Morgan fingerprint density at radius 3 is 2.88 bits per heavy atom. The molecule has 1 aromatic heterocycles. The second-order valence-corrected chi connectivity index (χ2v) is 8.50. The van der Waals surface area contributed by atoms with Gasteiger partial charge in [0, 0.05) is 18.3 Å². The number of carbonyl (C=O) groups excluding carboxylic acids is 1. The van der Waals surface area contributed by atoms with E-state index in [-0.39, 0.29) is 5.91 Å². The SMILES string of the molecule is CCC1CCCCN1C(=O)CSc1nnc(Nc2ccc(C)cc2)s1. The first-order valence-corrected chi connectivity index (χ1v) is 10.6. The average molecular weight is 377 g/mol. The topological polar surface area (TPSA) is 58.1 Å². The second kappa shape index (κ2) is 8.67. The van der Waals surface area contributed by atoms with E-state index in [4.69, 9.17) is 0 Å². The molecule has 1 fully saturated rings. The molecule has 1 aliphatic heterocycles. The summed E-state index contributed by atoms with van der Waals surface area (Å²) < 4.78 is 0.827. The van der Waals surface area contributed by atoms with Crippen LogP contribution in [0.3, 0.4) is 0 Å². The van der Waals surface area contributed by atoms with Crippen LogP contribution in [-0.2, 0) is 4.79 Å². The third kappa shape index (κ3) is 4.95. The van der Waals surface area contributed by atoms with Gasteiger partial charge in [-0.25, -0.2) is 0 Å². The summed E-state index contributed by atoms with van der Waals surface area (Å²) in [6, 6.07) is 8.57. The second-order valence-electron chi connectivity index (χ2n) is 6.30. The summed E-state index contributed by atoms with van der Waals surface area (Å²) in [6.07, 6.45) is 4.53. The normalized spacial score (nSPS) is 17.5. The molecule has 1 atom stereocenters. The van der Waals surface area contributed by atoms with E-state index >= 15 is 0 Å². The van der Waals surface area contributed by atoms with Crippen LogP contribution in [0.2, 0.25) is 0 Å². The number of nitrogens with zero attached hydrogens (tertiary/aromatic N) is 3. The quantitative estimate of drug-likeness (QED) is 0.754. The van der Waals surface area contributed by atoms with Crippen LogP contribution in [0, 0.1) is 6.92 Å². The molecule has 1 N–H and O–H groups in total. The zero-order chi connectivity index (χ0) is 17.6. The molecular weight excluding hydrogens is 352 g/mol. The fraction of sp³-hybridized carbons (Fsp3) is 0.500. The number of likely N-dealkylation sites (tertiary alicyclic amines) is 1. The number of hydrogen-bond acceptors (Lipinski definition) is 6. The van der Waals surface area contributed by atoms with E-state index in [1.165, 1.54) is 35.1 Å². The molecule has 0 bridgehead atoms. The highest BCUT2D eigenvalue weighted by molar-refractivity contribution is 8.01. The summed E-state index contributed by atoms with van der Waals surface area (Å²) in [5.74, 6) is 0.662. The number of piperidine rings is 1. The van der Waals surface area contributed by atoms with Crippen molar-refractivity contribution in [3.05, 3.63) is 29.8 Å². The highest BCUT2D eigenvalue weighted by Crippen LogP contribution is 2.29. The standard InChI is InChI=1S/C18H24N4OS2/c1-3-15-6-4-5-11-22(15)16(23)12-24-18-21-20-17(25-18)19-14-9-7-13(2)8-10-14/h7-10,15H,3-6,11-12H2,1-2H3,(H,19,20).